The van der Waals surface area contributed by atoms with E-state index in [0.29, 0.717) is 5.56 Å². The molecule has 9 heteroatoms. The number of nitro benzene ring substituents is 1. The molecule has 0 spiro atoms. The Bertz CT molecular complexity index is 713. The van der Waals surface area contributed by atoms with Crippen molar-refractivity contribution in [2.24, 2.45) is 5.73 Å². The number of halogens is 2. The van der Waals surface area contributed by atoms with Gasteiger partial charge >= 0.3 is 0 Å². The van der Waals surface area contributed by atoms with Crippen LogP contribution in [0.25, 0.3) is 0 Å². The van der Waals surface area contributed by atoms with Crippen LogP contribution in [0.5, 0.6) is 11.6 Å². The number of amidine groups is 1. The molecule has 0 saturated carbocycles. The molecule has 0 atom stereocenters. The Balaban J connectivity index is 2.38. The molecule has 3 N–H and O–H groups in total. The van der Waals surface area contributed by atoms with E-state index in [-0.39, 0.29) is 33.2 Å². The summed E-state index contributed by atoms with van der Waals surface area (Å²) in [5.41, 5.74) is 5.53. The van der Waals surface area contributed by atoms with Gasteiger partial charge in [0.1, 0.15) is 5.84 Å². The second kappa shape index (κ2) is 5.94. The van der Waals surface area contributed by atoms with Crippen molar-refractivity contribution in [3.8, 4) is 11.6 Å². The van der Waals surface area contributed by atoms with Gasteiger partial charge in [-0.05, 0) is 6.07 Å². The van der Waals surface area contributed by atoms with Gasteiger partial charge in [0.15, 0.2) is 5.75 Å². The minimum atomic E-state index is -0.615. The van der Waals surface area contributed by atoms with Crippen molar-refractivity contribution in [2.75, 3.05) is 0 Å². The number of rotatable bonds is 4. The van der Waals surface area contributed by atoms with Crippen LogP contribution in [0, 0.1) is 15.5 Å². The van der Waals surface area contributed by atoms with E-state index in [2.05, 4.69) is 4.98 Å². The van der Waals surface area contributed by atoms with Crippen molar-refractivity contribution in [3.63, 3.8) is 0 Å². The first kappa shape index (κ1) is 15.0. The Labute approximate surface area is 128 Å². The average Bonchev–Trinajstić information content (AvgIpc) is 2.42. The molecule has 2 rings (SSSR count). The number of ether oxygens (including phenoxy) is 1. The number of nitrogen functional groups attached to an aromatic ring is 1. The number of nitrogens with zero attached hydrogens (tertiary/aromatic N) is 2. The lowest BCUT2D eigenvalue weighted by Gasteiger charge is -2.09. The first-order chi connectivity index (χ1) is 9.88. The van der Waals surface area contributed by atoms with Crippen LogP contribution in [-0.2, 0) is 0 Å². The van der Waals surface area contributed by atoms with E-state index >= 15 is 0 Å². The quantitative estimate of drug-likeness (QED) is 0.386. The number of non-ortho nitro benzene ring substituents is 1. The van der Waals surface area contributed by atoms with Gasteiger partial charge < -0.3 is 10.5 Å². The molecule has 7 nitrogen and oxygen atoms in total. The van der Waals surface area contributed by atoms with Crippen molar-refractivity contribution in [1.82, 2.24) is 4.98 Å². The first-order valence-electron chi connectivity index (χ1n) is 5.50. The molecule has 1 aromatic heterocycles. The molecule has 0 fully saturated rings. The highest BCUT2D eigenvalue weighted by Crippen LogP contribution is 2.38. The Kier molecular flexibility index (Phi) is 4.25. The predicted octanol–water partition coefficient (Wildman–Crippen LogP) is 3.37. The number of aromatic nitrogens is 1. The van der Waals surface area contributed by atoms with Gasteiger partial charge in [-0.15, -0.1) is 0 Å². The SMILES string of the molecule is N=C(N)c1ccnc(Oc2c(Cl)cc([N+](=O)[O-])cc2Cl)c1. The van der Waals surface area contributed by atoms with Gasteiger partial charge in [0.2, 0.25) is 5.88 Å². The Morgan fingerprint density at radius 1 is 1.33 bits per heavy atom. The van der Waals surface area contributed by atoms with Gasteiger partial charge in [0, 0.05) is 30.0 Å². The first-order valence-corrected chi connectivity index (χ1v) is 6.26. The third-order valence-corrected chi connectivity index (χ3v) is 3.01. The largest absolute Gasteiger partial charge is 0.436 e. The molecule has 0 aliphatic heterocycles. The second-order valence-corrected chi connectivity index (χ2v) is 4.71. The summed E-state index contributed by atoms with van der Waals surface area (Å²) in [6.45, 7) is 0. The molecule has 0 bridgehead atoms. The number of hydrogen-bond donors (Lipinski definition) is 2. The normalized spacial score (nSPS) is 10.2. The molecule has 21 heavy (non-hydrogen) atoms. The highest BCUT2D eigenvalue weighted by molar-refractivity contribution is 6.37. The number of pyridine rings is 1. The van der Waals surface area contributed by atoms with Gasteiger partial charge in [-0.3, -0.25) is 15.5 Å². The van der Waals surface area contributed by atoms with Gasteiger partial charge in [0.25, 0.3) is 5.69 Å². The summed E-state index contributed by atoms with van der Waals surface area (Å²) in [7, 11) is 0. The molecular formula is C12H8Cl2N4O3. The molecular weight excluding hydrogens is 319 g/mol. The molecule has 0 unspecified atom stereocenters. The van der Waals surface area contributed by atoms with Crippen molar-refractivity contribution in [1.29, 1.82) is 5.41 Å². The van der Waals surface area contributed by atoms with Crippen molar-refractivity contribution >= 4 is 34.7 Å². The average molecular weight is 327 g/mol. The summed E-state index contributed by atoms with van der Waals surface area (Å²) in [5, 5.41) is 18.0. The monoisotopic (exact) mass is 326 g/mol. The highest BCUT2D eigenvalue weighted by atomic mass is 35.5. The summed E-state index contributed by atoms with van der Waals surface area (Å²) < 4.78 is 5.42. The highest BCUT2D eigenvalue weighted by Gasteiger charge is 2.17. The van der Waals surface area contributed by atoms with Crippen LogP contribution in [0.1, 0.15) is 5.56 Å². The Morgan fingerprint density at radius 3 is 2.48 bits per heavy atom. The van der Waals surface area contributed by atoms with Crippen LogP contribution in [0.4, 0.5) is 5.69 Å². The maximum absolute atomic E-state index is 10.7. The Hall–Kier alpha value is -2.38. The molecule has 1 heterocycles. The molecule has 0 radical (unpaired) electrons. The standard InChI is InChI=1S/C12H8Cl2N4O3/c13-8-4-7(18(19)20)5-9(14)11(8)21-10-3-6(12(15)16)1-2-17-10/h1-5H,(H3,15,16). The van der Waals surface area contributed by atoms with Crippen LogP contribution in [0.3, 0.4) is 0 Å². The van der Waals surface area contributed by atoms with E-state index in [1.54, 1.807) is 0 Å². The maximum atomic E-state index is 10.7. The van der Waals surface area contributed by atoms with Crippen LogP contribution in [-0.4, -0.2) is 15.7 Å². The van der Waals surface area contributed by atoms with Gasteiger partial charge in [0.05, 0.1) is 15.0 Å². The minimum Gasteiger partial charge on any atom is -0.436 e. The van der Waals surface area contributed by atoms with Crippen molar-refractivity contribution in [2.45, 2.75) is 0 Å². The van der Waals surface area contributed by atoms with Crippen LogP contribution in [0.2, 0.25) is 10.0 Å². The topological polar surface area (TPSA) is 115 Å². The van der Waals surface area contributed by atoms with Gasteiger partial charge in [-0.25, -0.2) is 4.98 Å². The molecule has 1 aromatic carbocycles. The van der Waals surface area contributed by atoms with E-state index in [1.165, 1.54) is 18.3 Å². The lowest BCUT2D eigenvalue weighted by atomic mass is 10.2. The molecule has 2 aromatic rings. The third kappa shape index (κ3) is 3.39. The summed E-state index contributed by atoms with van der Waals surface area (Å²) >= 11 is 11.8. The smallest absolute Gasteiger partial charge is 0.272 e. The number of nitrogens with one attached hydrogen (secondary N) is 1. The Morgan fingerprint density at radius 2 is 1.95 bits per heavy atom. The number of nitro groups is 1. The lowest BCUT2D eigenvalue weighted by Crippen LogP contribution is -2.11. The van der Waals surface area contributed by atoms with E-state index in [0.717, 1.165) is 12.1 Å². The summed E-state index contributed by atoms with van der Waals surface area (Å²) in [6.07, 6.45) is 1.40. The van der Waals surface area contributed by atoms with E-state index in [9.17, 15) is 10.1 Å². The number of benzene rings is 1. The van der Waals surface area contributed by atoms with E-state index in [1.807, 2.05) is 0 Å². The van der Waals surface area contributed by atoms with Crippen LogP contribution in [0.15, 0.2) is 30.5 Å². The molecule has 0 aliphatic rings. The lowest BCUT2D eigenvalue weighted by molar-refractivity contribution is -0.384. The fraction of sp³-hybridized carbons (Fsp3) is 0. The fourth-order valence-electron chi connectivity index (χ4n) is 1.49. The predicted molar refractivity (Wildman–Crippen MR) is 78.4 cm³/mol. The minimum absolute atomic E-state index is 0.0239. The zero-order chi connectivity index (χ0) is 15.6. The summed E-state index contributed by atoms with van der Waals surface area (Å²) in [4.78, 5) is 14.0. The summed E-state index contributed by atoms with van der Waals surface area (Å²) in [6, 6.07) is 5.21. The third-order valence-electron chi connectivity index (χ3n) is 2.45. The maximum Gasteiger partial charge on any atom is 0.272 e. The fourth-order valence-corrected chi connectivity index (χ4v) is 2.04. The number of hydrogen-bond acceptors (Lipinski definition) is 5. The molecule has 0 amide bonds. The van der Waals surface area contributed by atoms with Crippen molar-refractivity contribution in [3.05, 3.63) is 56.2 Å². The molecule has 0 saturated heterocycles. The second-order valence-electron chi connectivity index (χ2n) is 3.89. The zero-order valence-corrected chi connectivity index (χ0v) is 11.9. The van der Waals surface area contributed by atoms with Gasteiger partial charge in [-0.1, -0.05) is 23.2 Å². The van der Waals surface area contributed by atoms with Crippen LogP contribution < -0.4 is 10.5 Å². The van der Waals surface area contributed by atoms with Gasteiger partial charge in [-0.2, -0.15) is 0 Å². The van der Waals surface area contributed by atoms with E-state index < -0.39 is 4.92 Å². The zero-order valence-electron chi connectivity index (χ0n) is 10.3. The molecule has 0 aliphatic carbocycles. The molecule has 108 valence electrons. The van der Waals surface area contributed by atoms with Crippen LogP contribution >= 0.6 is 23.2 Å². The summed E-state index contributed by atoms with van der Waals surface area (Å²) in [5.74, 6) is 0.000585. The van der Waals surface area contributed by atoms with E-state index in [4.69, 9.17) is 39.1 Å². The van der Waals surface area contributed by atoms with Crippen molar-refractivity contribution < 1.29 is 9.66 Å². The number of nitrogens with two attached hydrogens (primary N) is 1.